The Labute approximate surface area is 122 Å². The smallest absolute Gasteiger partial charge is 0.338 e. The number of carbonyl (C=O) groups excluding carboxylic acids is 1. The molecular formula is C16H16N2O3. The maximum absolute atomic E-state index is 11.9. The number of hydrogen-bond acceptors (Lipinski definition) is 3. The monoisotopic (exact) mass is 284 g/mol. The molecule has 108 valence electrons. The Kier molecular flexibility index (Phi) is 5.04. The van der Waals surface area contributed by atoms with Crippen LogP contribution >= 0.6 is 0 Å². The highest BCUT2D eigenvalue weighted by Gasteiger charge is 2.16. The highest BCUT2D eigenvalue weighted by atomic mass is 16.4. The van der Waals surface area contributed by atoms with Gasteiger partial charge in [0.05, 0.1) is 5.56 Å². The van der Waals surface area contributed by atoms with Crippen molar-refractivity contribution in [3.63, 3.8) is 0 Å². The molecule has 0 radical (unpaired) electrons. The number of benzene rings is 1. The van der Waals surface area contributed by atoms with E-state index in [1.165, 1.54) is 23.9 Å². The summed E-state index contributed by atoms with van der Waals surface area (Å²) in [5, 5.41) is 11.7. The summed E-state index contributed by atoms with van der Waals surface area (Å²) in [4.78, 5) is 26.8. The maximum Gasteiger partial charge on any atom is 0.338 e. The minimum absolute atomic E-state index is 0.0512. The highest BCUT2D eigenvalue weighted by Crippen LogP contribution is 2.06. The third kappa shape index (κ3) is 4.14. The van der Waals surface area contributed by atoms with Crippen LogP contribution in [0.3, 0.4) is 0 Å². The summed E-state index contributed by atoms with van der Waals surface area (Å²) in [7, 11) is 0. The molecule has 0 saturated carbocycles. The topological polar surface area (TPSA) is 79.3 Å². The van der Waals surface area contributed by atoms with Gasteiger partial charge in [0.15, 0.2) is 0 Å². The fourth-order valence-corrected chi connectivity index (χ4v) is 1.98. The predicted molar refractivity (Wildman–Crippen MR) is 78.3 cm³/mol. The van der Waals surface area contributed by atoms with Crippen molar-refractivity contribution in [2.45, 2.75) is 12.8 Å². The first-order valence-electron chi connectivity index (χ1n) is 6.69. The minimum Gasteiger partial charge on any atom is -0.478 e. The van der Waals surface area contributed by atoms with Crippen molar-refractivity contribution in [3.05, 3.63) is 65.5 Å². The molecule has 1 aromatic carbocycles. The molecule has 2 N–H and O–H groups in total. The Morgan fingerprint density at radius 2 is 1.86 bits per heavy atom. The first-order valence-corrected chi connectivity index (χ1v) is 6.69. The van der Waals surface area contributed by atoms with Crippen LogP contribution in [0.5, 0.6) is 0 Å². The Bertz CT molecular complexity index is 626. The number of aromatic nitrogens is 1. The van der Waals surface area contributed by atoms with Gasteiger partial charge < -0.3 is 10.4 Å². The zero-order valence-corrected chi connectivity index (χ0v) is 11.5. The second-order valence-electron chi connectivity index (χ2n) is 4.55. The average Bonchev–Trinajstić information content (AvgIpc) is 2.52. The van der Waals surface area contributed by atoms with E-state index in [0.29, 0.717) is 6.54 Å². The van der Waals surface area contributed by atoms with E-state index in [1.54, 1.807) is 0 Å². The number of aryl methyl sites for hydroxylation is 1. The van der Waals surface area contributed by atoms with E-state index in [0.717, 1.165) is 12.8 Å². The predicted octanol–water partition coefficient (Wildman–Crippen LogP) is 2.14. The average molecular weight is 284 g/mol. The van der Waals surface area contributed by atoms with Crippen molar-refractivity contribution in [1.82, 2.24) is 10.3 Å². The Hall–Kier alpha value is -2.69. The number of rotatable bonds is 6. The summed E-state index contributed by atoms with van der Waals surface area (Å²) in [5.41, 5.74) is 1.07. The number of carbonyl (C=O) groups is 2. The van der Waals surface area contributed by atoms with Crippen LogP contribution < -0.4 is 5.32 Å². The quantitative estimate of drug-likeness (QED) is 0.796. The van der Waals surface area contributed by atoms with Gasteiger partial charge in [-0.3, -0.25) is 9.78 Å². The zero-order valence-electron chi connectivity index (χ0n) is 11.5. The van der Waals surface area contributed by atoms with Gasteiger partial charge in [-0.05, 0) is 30.5 Å². The lowest BCUT2D eigenvalue weighted by Gasteiger charge is -2.06. The second-order valence-corrected chi connectivity index (χ2v) is 4.55. The maximum atomic E-state index is 11.9. The summed E-state index contributed by atoms with van der Waals surface area (Å²) in [6.07, 6.45) is 3.05. The van der Waals surface area contributed by atoms with Gasteiger partial charge >= 0.3 is 5.97 Å². The fraction of sp³-hybridized carbons (Fsp3) is 0.188. The molecule has 5 heteroatoms. The lowest BCUT2D eigenvalue weighted by Crippen LogP contribution is -2.27. The summed E-state index contributed by atoms with van der Waals surface area (Å²) in [5.74, 6) is -1.61. The van der Waals surface area contributed by atoms with Crippen LogP contribution in [-0.4, -0.2) is 28.5 Å². The van der Waals surface area contributed by atoms with E-state index in [9.17, 15) is 9.59 Å². The number of hydrogen-bond donors (Lipinski definition) is 2. The molecule has 0 atom stereocenters. The molecular weight excluding hydrogens is 268 g/mol. The van der Waals surface area contributed by atoms with Gasteiger partial charge in [-0.1, -0.05) is 30.3 Å². The van der Waals surface area contributed by atoms with Gasteiger partial charge in [-0.25, -0.2) is 4.79 Å². The number of carboxylic acid groups (broad SMARTS) is 1. The molecule has 0 fully saturated rings. The molecule has 0 aliphatic heterocycles. The third-order valence-corrected chi connectivity index (χ3v) is 3.02. The van der Waals surface area contributed by atoms with Gasteiger partial charge in [0.2, 0.25) is 0 Å². The van der Waals surface area contributed by atoms with Crippen molar-refractivity contribution in [1.29, 1.82) is 0 Å². The van der Waals surface area contributed by atoms with Crippen LogP contribution in [0.2, 0.25) is 0 Å². The van der Waals surface area contributed by atoms with Crippen molar-refractivity contribution in [2.24, 2.45) is 0 Å². The lowest BCUT2D eigenvalue weighted by molar-refractivity contribution is 0.0690. The SMILES string of the molecule is O=C(O)c1cccnc1C(=O)NCCCc1ccccc1. The summed E-state index contributed by atoms with van der Waals surface area (Å²) < 4.78 is 0. The van der Waals surface area contributed by atoms with Crippen molar-refractivity contribution in [2.75, 3.05) is 6.54 Å². The third-order valence-electron chi connectivity index (χ3n) is 3.02. The normalized spacial score (nSPS) is 10.1. The molecule has 0 spiro atoms. The van der Waals surface area contributed by atoms with E-state index < -0.39 is 11.9 Å². The van der Waals surface area contributed by atoms with Gasteiger partial charge in [-0.2, -0.15) is 0 Å². The van der Waals surface area contributed by atoms with Crippen LogP contribution in [0, 0.1) is 0 Å². The first-order chi connectivity index (χ1) is 10.2. The number of aromatic carboxylic acids is 1. The summed E-state index contributed by atoms with van der Waals surface area (Å²) in [6.45, 7) is 0.476. The van der Waals surface area contributed by atoms with Crippen LogP contribution in [0.25, 0.3) is 0 Å². The molecule has 2 rings (SSSR count). The number of nitrogens with zero attached hydrogens (tertiary/aromatic N) is 1. The van der Waals surface area contributed by atoms with Gasteiger partial charge in [-0.15, -0.1) is 0 Å². The van der Waals surface area contributed by atoms with Crippen LogP contribution in [0.4, 0.5) is 0 Å². The van der Waals surface area contributed by atoms with Crippen molar-refractivity contribution >= 4 is 11.9 Å². The Morgan fingerprint density at radius 1 is 1.10 bits per heavy atom. The van der Waals surface area contributed by atoms with E-state index >= 15 is 0 Å². The molecule has 0 aliphatic rings. The van der Waals surface area contributed by atoms with Gasteiger partial charge in [0.1, 0.15) is 5.69 Å². The molecule has 5 nitrogen and oxygen atoms in total. The number of amides is 1. The molecule has 0 unspecified atom stereocenters. The van der Waals surface area contributed by atoms with Gasteiger partial charge in [0, 0.05) is 12.7 Å². The largest absolute Gasteiger partial charge is 0.478 e. The van der Waals surface area contributed by atoms with Crippen molar-refractivity contribution in [3.8, 4) is 0 Å². The van der Waals surface area contributed by atoms with Crippen molar-refractivity contribution < 1.29 is 14.7 Å². The van der Waals surface area contributed by atoms with E-state index in [2.05, 4.69) is 10.3 Å². The molecule has 1 heterocycles. The molecule has 1 aromatic heterocycles. The highest BCUT2D eigenvalue weighted by molar-refractivity contribution is 6.03. The number of pyridine rings is 1. The zero-order chi connectivity index (χ0) is 15.1. The van der Waals surface area contributed by atoms with E-state index in [-0.39, 0.29) is 11.3 Å². The Balaban J connectivity index is 1.86. The number of nitrogens with one attached hydrogen (secondary N) is 1. The summed E-state index contributed by atoms with van der Waals surface area (Å²) in [6, 6.07) is 12.8. The van der Waals surface area contributed by atoms with E-state index in [4.69, 9.17) is 5.11 Å². The lowest BCUT2D eigenvalue weighted by atomic mass is 10.1. The molecule has 2 aromatic rings. The fourth-order valence-electron chi connectivity index (χ4n) is 1.98. The first kappa shape index (κ1) is 14.7. The molecule has 0 saturated heterocycles. The molecule has 21 heavy (non-hydrogen) atoms. The van der Waals surface area contributed by atoms with Crippen LogP contribution in [-0.2, 0) is 6.42 Å². The minimum atomic E-state index is -1.16. The van der Waals surface area contributed by atoms with E-state index in [1.807, 2.05) is 30.3 Å². The standard InChI is InChI=1S/C16H16N2O3/c19-15(14-13(16(20)21)9-5-10-17-14)18-11-4-8-12-6-2-1-3-7-12/h1-3,5-7,9-10H,4,8,11H2,(H,18,19)(H,20,21). The van der Waals surface area contributed by atoms with Crippen LogP contribution in [0.15, 0.2) is 48.7 Å². The second kappa shape index (κ2) is 7.19. The summed E-state index contributed by atoms with van der Waals surface area (Å²) >= 11 is 0. The van der Waals surface area contributed by atoms with Crippen LogP contribution in [0.1, 0.15) is 32.8 Å². The molecule has 1 amide bonds. The number of carboxylic acids is 1. The molecule has 0 bridgehead atoms. The van der Waals surface area contributed by atoms with Gasteiger partial charge in [0.25, 0.3) is 5.91 Å². The molecule has 0 aliphatic carbocycles. The Morgan fingerprint density at radius 3 is 2.57 bits per heavy atom.